The molecule has 1 aliphatic heterocycles. The van der Waals surface area contributed by atoms with E-state index in [1.807, 2.05) is 18.4 Å². The van der Waals surface area contributed by atoms with Gasteiger partial charge in [-0.1, -0.05) is 19.4 Å². The highest BCUT2D eigenvalue weighted by Crippen LogP contribution is 2.20. The minimum atomic E-state index is 0.769. The van der Waals surface area contributed by atoms with Gasteiger partial charge in [-0.2, -0.15) is 0 Å². The summed E-state index contributed by atoms with van der Waals surface area (Å²) in [5.41, 5.74) is 0. The molecule has 0 bridgehead atoms. The van der Waals surface area contributed by atoms with E-state index in [0.29, 0.717) is 0 Å². The van der Waals surface area contributed by atoms with Gasteiger partial charge in [0, 0.05) is 38.6 Å². The number of nitrogens with zero attached hydrogens (tertiary/aromatic N) is 3. The lowest BCUT2D eigenvalue weighted by atomic mass is 9.97. The number of rotatable bonds is 7. The quantitative estimate of drug-likeness (QED) is 0.612. The van der Waals surface area contributed by atoms with Crippen LogP contribution in [0.2, 0.25) is 0 Å². The van der Waals surface area contributed by atoms with Gasteiger partial charge in [0.25, 0.3) is 0 Å². The van der Waals surface area contributed by atoms with Gasteiger partial charge in [0.15, 0.2) is 5.96 Å². The number of piperidine rings is 1. The van der Waals surface area contributed by atoms with Crippen molar-refractivity contribution >= 4 is 17.3 Å². The zero-order valence-corrected chi connectivity index (χ0v) is 15.7. The molecule has 5 heteroatoms. The van der Waals surface area contributed by atoms with Crippen molar-refractivity contribution in [2.75, 3.05) is 40.3 Å². The zero-order chi connectivity index (χ0) is 16.5. The molecule has 0 radical (unpaired) electrons. The van der Waals surface area contributed by atoms with Crippen LogP contribution in [0.15, 0.2) is 22.5 Å². The Morgan fingerprint density at radius 3 is 2.83 bits per heavy atom. The summed E-state index contributed by atoms with van der Waals surface area (Å²) in [5, 5.41) is 5.74. The minimum Gasteiger partial charge on any atom is -0.356 e. The molecule has 0 unspecified atom stereocenters. The summed E-state index contributed by atoms with van der Waals surface area (Å²) in [5.74, 6) is 1.81. The highest BCUT2D eigenvalue weighted by Gasteiger charge is 2.20. The van der Waals surface area contributed by atoms with Gasteiger partial charge in [0.1, 0.15) is 0 Å². The maximum absolute atomic E-state index is 4.41. The van der Waals surface area contributed by atoms with Crippen LogP contribution >= 0.6 is 11.3 Å². The van der Waals surface area contributed by atoms with Crippen LogP contribution in [0, 0.1) is 5.92 Å². The SMILES string of the molecule is CCCCN(C)C(=NC)NCC1CCN(Cc2cccs2)CC1. The van der Waals surface area contributed by atoms with E-state index in [4.69, 9.17) is 0 Å². The smallest absolute Gasteiger partial charge is 0.193 e. The van der Waals surface area contributed by atoms with Gasteiger partial charge in [-0.05, 0) is 49.7 Å². The molecule has 0 aromatic carbocycles. The van der Waals surface area contributed by atoms with Crippen molar-refractivity contribution in [2.45, 2.75) is 39.2 Å². The van der Waals surface area contributed by atoms with Gasteiger partial charge in [0.05, 0.1) is 0 Å². The monoisotopic (exact) mass is 336 g/mol. The fourth-order valence-corrected chi connectivity index (χ4v) is 3.84. The van der Waals surface area contributed by atoms with Crippen molar-refractivity contribution in [1.29, 1.82) is 0 Å². The van der Waals surface area contributed by atoms with Crippen molar-refractivity contribution in [3.8, 4) is 0 Å². The second-order valence-electron chi connectivity index (χ2n) is 6.50. The van der Waals surface area contributed by atoms with Gasteiger partial charge >= 0.3 is 0 Å². The summed E-state index contributed by atoms with van der Waals surface area (Å²) in [7, 11) is 4.02. The lowest BCUT2D eigenvalue weighted by molar-refractivity contribution is 0.179. The number of nitrogens with one attached hydrogen (secondary N) is 1. The van der Waals surface area contributed by atoms with Gasteiger partial charge in [0.2, 0.25) is 0 Å². The first-order valence-corrected chi connectivity index (χ1v) is 9.77. The molecule has 130 valence electrons. The third-order valence-electron chi connectivity index (χ3n) is 4.64. The number of unbranched alkanes of at least 4 members (excludes halogenated alkanes) is 1. The maximum atomic E-state index is 4.41. The molecule has 2 rings (SSSR count). The molecule has 2 heterocycles. The fourth-order valence-electron chi connectivity index (χ4n) is 3.09. The molecule has 1 aromatic heterocycles. The van der Waals surface area contributed by atoms with Gasteiger partial charge in [-0.25, -0.2) is 0 Å². The molecular formula is C18H32N4S. The average molecular weight is 337 g/mol. The Morgan fingerprint density at radius 1 is 1.43 bits per heavy atom. The van der Waals surface area contributed by atoms with E-state index in [-0.39, 0.29) is 0 Å². The van der Waals surface area contributed by atoms with Crippen LogP contribution in [0.25, 0.3) is 0 Å². The highest BCUT2D eigenvalue weighted by molar-refractivity contribution is 7.09. The first-order valence-electron chi connectivity index (χ1n) is 8.89. The summed E-state index contributed by atoms with van der Waals surface area (Å²) in [6, 6.07) is 4.39. The van der Waals surface area contributed by atoms with Crippen molar-refractivity contribution < 1.29 is 0 Å². The number of thiophene rings is 1. The number of hydrogen-bond donors (Lipinski definition) is 1. The Kier molecular flexibility index (Phi) is 7.89. The normalized spacial score (nSPS) is 17.4. The molecule has 0 spiro atoms. The third-order valence-corrected chi connectivity index (χ3v) is 5.50. The summed E-state index contributed by atoms with van der Waals surface area (Å²) < 4.78 is 0. The standard InChI is InChI=1S/C18H32N4S/c1-4-5-10-21(3)18(19-2)20-14-16-8-11-22(12-9-16)15-17-7-6-13-23-17/h6-7,13,16H,4-5,8-12,14-15H2,1-3H3,(H,19,20). The molecule has 23 heavy (non-hydrogen) atoms. The van der Waals surface area contributed by atoms with E-state index >= 15 is 0 Å². The molecule has 1 aromatic rings. The molecule has 1 fully saturated rings. The van der Waals surface area contributed by atoms with Crippen molar-refractivity contribution in [3.05, 3.63) is 22.4 Å². The molecule has 0 aliphatic carbocycles. The Balaban J connectivity index is 1.67. The summed E-state index contributed by atoms with van der Waals surface area (Å²) in [4.78, 5) is 10.7. The number of aliphatic imine (C=N–C) groups is 1. The zero-order valence-electron chi connectivity index (χ0n) is 14.9. The summed E-state index contributed by atoms with van der Waals surface area (Å²) in [6.45, 7) is 7.92. The van der Waals surface area contributed by atoms with Crippen LogP contribution in [-0.4, -0.2) is 56.0 Å². The lowest BCUT2D eigenvalue weighted by Gasteiger charge is -2.32. The van der Waals surface area contributed by atoms with E-state index in [1.165, 1.54) is 43.6 Å². The molecule has 0 amide bonds. The second kappa shape index (κ2) is 9.93. The van der Waals surface area contributed by atoms with Crippen LogP contribution in [0.5, 0.6) is 0 Å². The molecule has 1 saturated heterocycles. The lowest BCUT2D eigenvalue weighted by Crippen LogP contribution is -2.43. The van der Waals surface area contributed by atoms with Crippen LogP contribution in [-0.2, 0) is 6.54 Å². The Hall–Kier alpha value is -1.07. The molecule has 4 nitrogen and oxygen atoms in total. The topological polar surface area (TPSA) is 30.9 Å². The largest absolute Gasteiger partial charge is 0.356 e. The van der Waals surface area contributed by atoms with Gasteiger partial charge in [-0.3, -0.25) is 9.89 Å². The second-order valence-corrected chi connectivity index (χ2v) is 7.53. The predicted molar refractivity (Wildman–Crippen MR) is 101 cm³/mol. The highest BCUT2D eigenvalue weighted by atomic mass is 32.1. The Morgan fingerprint density at radius 2 is 2.22 bits per heavy atom. The van der Waals surface area contributed by atoms with E-state index in [1.54, 1.807) is 0 Å². The summed E-state index contributed by atoms with van der Waals surface area (Å²) in [6.07, 6.45) is 5.02. The fraction of sp³-hybridized carbons (Fsp3) is 0.722. The maximum Gasteiger partial charge on any atom is 0.193 e. The van der Waals surface area contributed by atoms with Crippen LogP contribution in [0.1, 0.15) is 37.5 Å². The molecule has 1 aliphatic rings. The predicted octanol–water partition coefficient (Wildman–Crippen LogP) is 3.27. The molecule has 1 N–H and O–H groups in total. The van der Waals surface area contributed by atoms with E-state index in [2.05, 4.69) is 51.6 Å². The van der Waals surface area contributed by atoms with Crippen LogP contribution in [0.4, 0.5) is 0 Å². The van der Waals surface area contributed by atoms with Crippen LogP contribution < -0.4 is 5.32 Å². The van der Waals surface area contributed by atoms with E-state index in [0.717, 1.165) is 31.5 Å². The Labute approximate surface area is 145 Å². The third kappa shape index (κ3) is 6.15. The number of likely N-dealkylation sites (tertiary alicyclic amines) is 1. The van der Waals surface area contributed by atoms with E-state index in [9.17, 15) is 0 Å². The van der Waals surface area contributed by atoms with Gasteiger partial charge < -0.3 is 10.2 Å². The summed E-state index contributed by atoms with van der Waals surface area (Å²) >= 11 is 1.87. The van der Waals surface area contributed by atoms with Crippen molar-refractivity contribution in [2.24, 2.45) is 10.9 Å². The molecule has 0 saturated carbocycles. The number of guanidine groups is 1. The molecule has 0 atom stereocenters. The molecular weight excluding hydrogens is 304 g/mol. The van der Waals surface area contributed by atoms with Gasteiger partial charge in [-0.15, -0.1) is 11.3 Å². The van der Waals surface area contributed by atoms with Crippen molar-refractivity contribution in [1.82, 2.24) is 15.1 Å². The Bertz CT molecular complexity index is 450. The number of hydrogen-bond acceptors (Lipinski definition) is 3. The van der Waals surface area contributed by atoms with E-state index < -0.39 is 0 Å². The minimum absolute atomic E-state index is 0.769. The van der Waals surface area contributed by atoms with Crippen molar-refractivity contribution in [3.63, 3.8) is 0 Å². The first kappa shape index (κ1) is 18.3. The average Bonchev–Trinajstić information content (AvgIpc) is 3.08. The first-order chi connectivity index (χ1) is 11.2. The van der Waals surface area contributed by atoms with Crippen LogP contribution in [0.3, 0.4) is 0 Å².